The van der Waals surface area contributed by atoms with E-state index in [2.05, 4.69) is 20.8 Å². The van der Waals surface area contributed by atoms with Crippen LogP contribution in [0.2, 0.25) is 0 Å². The maximum Gasteiger partial charge on any atom is 0.303 e. The van der Waals surface area contributed by atoms with Crippen LogP contribution >= 0.6 is 0 Å². The van der Waals surface area contributed by atoms with E-state index in [9.17, 15) is 20.1 Å². The molecular formula is C26H44O4. The van der Waals surface area contributed by atoms with Crippen molar-refractivity contribution in [1.82, 2.24) is 0 Å². The van der Waals surface area contributed by atoms with E-state index in [1.165, 1.54) is 0 Å². The summed E-state index contributed by atoms with van der Waals surface area (Å²) in [6, 6.07) is 0. The Morgan fingerprint density at radius 2 is 1.80 bits per heavy atom. The monoisotopic (exact) mass is 424 g/mol. The van der Waals surface area contributed by atoms with Crippen molar-refractivity contribution in [3.8, 4) is 0 Å². The zero-order valence-electron chi connectivity index (χ0n) is 22.9. The number of carboxylic acids is 1. The van der Waals surface area contributed by atoms with E-state index in [0.717, 1.165) is 32.1 Å². The Morgan fingerprint density at radius 1 is 1.10 bits per heavy atom. The summed E-state index contributed by atoms with van der Waals surface area (Å²) in [5, 5.41) is 31.5. The predicted octanol–water partition coefficient (Wildman–Crippen LogP) is 5.11. The average molecular weight is 425 g/mol. The Labute approximate surface area is 188 Å². The molecule has 4 fully saturated rings. The summed E-state index contributed by atoms with van der Waals surface area (Å²) in [5.41, 5.74) is -0.174. The molecule has 0 saturated heterocycles. The lowest BCUT2D eigenvalue weighted by molar-refractivity contribution is -0.203. The van der Waals surface area contributed by atoms with Crippen molar-refractivity contribution in [2.45, 2.75) is 104 Å². The molecule has 0 heterocycles. The van der Waals surface area contributed by atoms with E-state index in [0.29, 0.717) is 31.1 Å². The van der Waals surface area contributed by atoms with Gasteiger partial charge in [0.2, 0.25) is 0 Å². The molecule has 4 aliphatic carbocycles. The number of aliphatic carboxylic acids is 1. The second kappa shape index (κ2) is 8.06. The standard InChI is InChI=1S/C26H44O4/c1-5-17-21-14-16(27)10-12-26(21,4)20-11-13-25(3)18(15(2)6-9-22(28)29)7-8-19(25)23(20)24(17)30/h15-21,23-24,27,30H,5-14H2,1-4H3,(H,28,29)/t15-,16-,17-,18?,19?,20?,21+,23?,24?,25-,26-/m1/s1/i1D3,5D/t5?,15-,16-,17-,18?,19?,20?,21+,23?,24?,25-,26-. The largest absolute Gasteiger partial charge is 0.481 e. The zero-order chi connectivity index (χ0) is 25.2. The lowest BCUT2D eigenvalue weighted by Gasteiger charge is -2.64. The van der Waals surface area contributed by atoms with Gasteiger partial charge in [-0.1, -0.05) is 34.0 Å². The topological polar surface area (TPSA) is 77.8 Å². The van der Waals surface area contributed by atoms with Gasteiger partial charge in [-0.05, 0) is 104 Å². The maximum atomic E-state index is 11.9. The molecule has 12 atom stereocenters. The molecule has 4 rings (SSSR count). The summed E-state index contributed by atoms with van der Waals surface area (Å²) in [4.78, 5) is 11.2. The van der Waals surface area contributed by atoms with Gasteiger partial charge >= 0.3 is 5.97 Å². The highest BCUT2D eigenvalue weighted by Gasteiger charge is 2.64. The lowest BCUT2D eigenvalue weighted by atomic mass is 9.41. The van der Waals surface area contributed by atoms with Crippen LogP contribution in [0.5, 0.6) is 0 Å². The van der Waals surface area contributed by atoms with Crippen LogP contribution in [0.15, 0.2) is 0 Å². The Kier molecular flexibility index (Phi) is 4.81. The van der Waals surface area contributed by atoms with Crippen LogP contribution in [0.1, 0.15) is 97.3 Å². The maximum absolute atomic E-state index is 11.9. The summed E-state index contributed by atoms with van der Waals surface area (Å²) in [6.45, 7) is 4.27. The third-order valence-corrected chi connectivity index (χ3v) is 10.6. The molecule has 30 heavy (non-hydrogen) atoms. The highest BCUT2D eigenvalue weighted by atomic mass is 16.4. The van der Waals surface area contributed by atoms with Crippen molar-refractivity contribution in [3.05, 3.63) is 0 Å². The Bertz CT molecular complexity index is 774. The van der Waals surface area contributed by atoms with Crippen LogP contribution in [0, 0.1) is 52.3 Å². The highest BCUT2D eigenvalue weighted by molar-refractivity contribution is 5.66. The van der Waals surface area contributed by atoms with E-state index in [1.807, 2.05) is 0 Å². The summed E-state index contributed by atoms with van der Waals surface area (Å²) >= 11 is 0. The number of aliphatic hydroxyl groups is 2. The molecule has 0 radical (unpaired) electrons. The SMILES string of the molecule is [2H]C([C@H]1C(O)C2C3CCC([C@H](C)CCC(=O)O)[C@@]3(C)CCC2[C@@]2(C)CC[C@@H](O)C[C@@H]12)C([2H])([2H])[2H]. The third-order valence-electron chi connectivity index (χ3n) is 10.6. The van der Waals surface area contributed by atoms with E-state index < -0.39 is 37.3 Å². The average Bonchev–Trinajstić information content (AvgIpc) is 3.09. The lowest BCUT2D eigenvalue weighted by Crippen LogP contribution is -2.62. The summed E-state index contributed by atoms with van der Waals surface area (Å²) < 4.78 is 32.7. The second-order valence-electron chi connectivity index (χ2n) is 11.7. The van der Waals surface area contributed by atoms with Gasteiger partial charge in [0, 0.05) is 11.9 Å². The van der Waals surface area contributed by atoms with Gasteiger partial charge in [-0.15, -0.1) is 0 Å². The molecule has 0 spiro atoms. The first-order chi connectivity index (χ1) is 15.7. The molecule has 0 aromatic carbocycles. The van der Waals surface area contributed by atoms with E-state index in [1.54, 1.807) is 0 Å². The number of aliphatic hydroxyl groups excluding tert-OH is 2. The number of hydrogen-bond acceptors (Lipinski definition) is 3. The molecule has 172 valence electrons. The first-order valence-electron chi connectivity index (χ1n) is 14.3. The fourth-order valence-electron chi connectivity index (χ4n) is 9.08. The van der Waals surface area contributed by atoms with Crippen LogP contribution < -0.4 is 0 Å². The number of carbonyl (C=O) groups is 1. The summed E-state index contributed by atoms with van der Waals surface area (Å²) in [7, 11) is 0. The van der Waals surface area contributed by atoms with E-state index >= 15 is 0 Å². The minimum absolute atomic E-state index is 0.000496. The van der Waals surface area contributed by atoms with Gasteiger partial charge in [0.05, 0.1) is 12.2 Å². The molecule has 0 bridgehead atoms. The Balaban J connectivity index is 1.68. The minimum atomic E-state index is -2.47. The number of rotatable bonds is 5. The molecule has 6 unspecified atom stereocenters. The van der Waals surface area contributed by atoms with Gasteiger partial charge in [0.1, 0.15) is 0 Å². The van der Waals surface area contributed by atoms with Crippen LogP contribution in [0.3, 0.4) is 0 Å². The first-order valence-corrected chi connectivity index (χ1v) is 12.2. The van der Waals surface area contributed by atoms with Gasteiger partial charge < -0.3 is 15.3 Å². The highest BCUT2D eigenvalue weighted by Crippen LogP contribution is 2.69. The van der Waals surface area contributed by atoms with Crippen molar-refractivity contribution in [2.75, 3.05) is 0 Å². The summed E-state index contributed by atoms with van der Waals surface area (Å²) in [5.74, 6) is -0.403. The van der Waals surface area contributed by atoms with Crippen LogP contribution in [0.4, 0.5) is 0 Å². The normalized spacial score (nSPS) is 55.0. The first kappa shape index (κ1) is 17.9. The van der Waals surface area contributed by atoms with Crippen LogP contribution in [-0.4, -0.2) is 33.5 Å². The molecule has 0 aliphatic heterocycles. The van der Waals surface area contributed by atoms with Crippen molar-refractivity contribution in [3.63, 3.8) is 0 Å². The number of hydrogen-bond donors (Lipinski definition) is 3. The molecule has 0 aromatic rings. The Hall–Kier alpha value is -0.610. The predicted molar refractivity (Wildman–Crippen MR) is 118 cm³/mol. The second-order valence-corrected chi connectivity index (χ2v) is 11.7. The molecule has 4 heteroatoms. The van der Waals surface area contributed by atoms with Crippen LogP contribution in [-0.2, 0) is 4.79 Å². The molecule has 0 aromatic heterocycles. The summed E-state index contributed by atoms with van der Waals surface area (Å²) in [6.07, 6.45) is 4.14. The fraction of sp³-hybridized carbons (Fsp3) is 0.962. The molecule has 4 saturated carbocycles. The third kappa shape index (κ3) is 3.36. The minimum Gasteiger partial charge on any atom is -0.481 e. The smallest absolute Gasteiger partial charge is 0.303 e. The molecule has 4 aliphatic rings. The number of fused-ring (bicyclic) bond motifs is 5. The molecule has 4 nitrogen and oxygen atoms in total. The molecule has 3 N–H and O–H groups in total. The quantitative estimate of drug-likeness (QED) is 0.573. The van der Waals surface area contributed by atoms with Gasteiger partial charge in [-0.25, -0.2) is 0 Å². The van der Waals surface area contributed by atoms with Crippen molar-refractivity contribution in [1.29, 1.82) is 0 Å². The van der Waals surface area contributed by atoms with E-state index in [-0.39, 0.29) is 40.9 Å². The molecular weight excluding hydrogens is 376 g/mol. The van der Waals surface area contributed by atoms with Gasteiger partial charge in [-0.2, -0.15) is 0 Å². The van der Waals surface area contributed by atoms with Crippen molar-refractivity contribution >= 4 is 5.97 Å². The zero-order valence-corrected chi connectivity index (χ0v) is 18.9. The van der Waals surface area contributed by atoms with Gasteiger partial charge in [0.25, 0.3) is 0 Å². The van der Waals surface area contributed by atoms with Gasteiger partial charge in [-0.3, -0.25) is 4.79 Å². The number of carboxylic acid groups (broad SMARTS) is 1. The molecule has 0 amide bonds. The van der Waals surface area contributed by atoms with Crippen LogP contribution in [0.25, 0.3) is 0 Å². The van der Waals surface area contributed by atoms with Gasteiger partial charge in [0.15, 0.2) is 0 Å². The fourth-order valence-corrected chi connectivity index (χ4v) is 9.08. The van der Waals surface area contributed by atoms with Crippen molar-refractivity contribution in [2.24, 2.45) is 52.3 Å². The Morgan fingerprint density at radius 3 is 2.50 bits per heavy atom. The van der Waals surface area contributed by atoms with E-state index in [4.69, 9.17) is 5.48 Å². The van der Waals surface area contributed by atoms with Crippen molar-refractivity contribution < 1.29 is 25.6 Å².